The molecule has 2 N–H and O–H groups in total. The van der Waals surface area contributed by atoms with Gasteiger partial charge in [0.2, 0.25) is 0 Å². The van der Waals surface area contributed by atoms with Crippen molar-refractivity contribution in [2.75, 3.05) is 7.11 Å². The van der Waals surface area contributed by atoms with E-state index in [1.807, 2.05) is 0 Å². The molecule has 0 saturated heterocycles. The third kappa shape index (κ3) is 3.73. The van der Waals surface area contributed by atoms with Gasteiger partial charge in [0.25, 0.3) is 5.91 Å². The lowest BCUT2D eigenvalue weighted by atomic mass is 10.1. The molecule has 1 amide bonds. The average molecular weight is 342 g/mol. The van der Waals surface area contributed by atoms with Crippen molar-refractivity contribution in [3.63, 3.8) is 0 Å². The Morgan fingerprint density at radius 2 is 2.10 bits per heavy atom. The number of aliphatic hydroxyl groups excluding tert-OH is 1. The molecule has 1 aromatic carbocycles. The number of amides is 1. The summed E-state index contributed by atoms with van der Waals surface area (Å²) in [5.41, 5.74) is 0.564. The maximum absolute atomic E-state index is 12.2. The van der Waals surface area contributed by atoms with Crippen LogP contribution in [0.1, 0.15) is 42.5 Å². The Morgan fingerprint density at radius 3 is 2.80 bits per heavy atom. The van der Waals surface area contributed by atoms with Crippen LogP contribution in [0.25, 0.3) is 0 Å². The average Bonchev–Trinajstić information content (AvgIpc) is 2.64. The molecule has 20 heavy (non-hydrogen) atoms. The first kappa shape index (κ1) is 15.3. The molecule has 1 aliphatic carbocycles. The van der Waals surface area contributed by atoms with Crippen LogP contribution in [-0.4, -0.2) is 30.3 Å². The molecule has 0 heterocycles. The highest BCUT2D eigenvalue weighted by molar-refractivity contribution is 9.10. The number of halogens is 1. The molecule has 5 heteroatoms. The zero-order valence-corrected chi connectivity index (χ0v) is 13.1. The van der Waals surface area contributed by atoms with Crippen molar-refractivity contribution < 1.29 is 14.6 Å². The van der Waals surface area contributed by atoms with Crippen LogP contribution in [0.4, 0.5) is 0 Å². The lowest BCUT2D eigenvalue weighted by Crippen LogP contribution is -2.42. The van der Waals surface area contributed by atoms with Crippen LogP contribution in [-0.2, 0) is 0 Å². The summed E-state index contributed by atoms with van der Waals surface area (Å²) in [6.45, 7) is 0. The normalized spacial score (nSPS) is 22.9. The summed E-state index contributed by atoms with van der Waals surface area (Å²) in [5.74, 6) is 0.537. The predicted molar refractivity (Wildman–Crippen MR) is 81.0 cm³/mol. The number of rotatable bonds is 3. The summed E-state index contributed by atoms with van der Waals surface area (Å²) in [6.07, 6.45) is 4.36. The SMILES string of the molecule is COc1ccc(C(=O)NC2CCCCCC2O)cc1Br. The lowest BCUT2D eigenvalue weighted by Gasteiger charge is -2.21. The molecular weight excluding hydrogens is 322 g/mol. The van der Waals surface area contributed by atoms with Crippen molar-refractivity contribution in [2.24, 2.45) is 0 Å². The number of benzene rings is 1. The van der Waals surface area contributed by atoms with Gasteiger partial charge in [0.1, 0.15) is 5.75 Å². The predicted octanol–water partition coefficient (Wildman–Crippen LogP) is 2.88. The van der Waals surface area contributed by atoms with Crippen LogP contribution in [0.2, 0.25) is 0 Å². The number of nitrogens with one attached hydrogen (secondary N) is 1. The minimum Gasteiger partial charge on any atom is -0.496 e. The molecule has 2 unspecified atom stereocenters. The van der Waals surface area contributed by atoms with E-state index in [1.165, 1.54) is 0 Å². The van der Waals surface area contributed by atoms with E-state index in [0.717, 1.165) is 36.6 Å². The highest BCUT2D eigenvalue weighted by atomic mass is 79.9. The Labute approximate surface area is 127 Å². The standard InChI is InChI=1S/C15H20BrNO3/c1-20-14-8-7-10(9-11(14)16)15(19)17-12-5-3-2-4-6-13(12)18/h7-9,12-13,18H,2-6H2,1H3,(H,17,19). The second kappa shape index (κ2) is 7.09. The van der Waals surface area contributed by atoms with Crippen molar-refractivity contribution in [1.29, 1.82) is 0 Å². The summed E-state index contributed by atoms with van der Waals surface area (Å²) in [5, 5.41) is 13.0. The molecule has 2 atom stereocenters. The number of methoxy groups -OCH3 is 1. The summed E-state index contributed by atoms with van der Waals surface area (Å²) in [6, 6.07) is 5.06. The zero-order chi connectivity index (χ0) is 14.5. The molecule has 1 aromatic rings. The minimum atomic E-state index is -0.442. The molecule has 4 nitrogen and oxygen atoms in total. The number of hydrogen-bond acceptors (Lipinski definition) is 3. The van der Waals surface area contributed by atoms with Crippen LogP contribution in [0.5, 0.6) is 5.75 Å². The van der Waals surface area contributed by atoms with E-state index >= 15 is 0 Å². The van der Waals surface area contributed by atoms with E-state index < -0.39 is 6.10 Å². The Bertz CT molecular complexity index is 478. The van der Waals surface area contributed by atoms with Crippen molar-refractivity contribution in [3.8, 4) is 5.75 Å². The second-order valence-corrected chi connectivity index (χ2v) is 5.99. The van der Waals surface area contributed by atoms with Crippen LogP contribution < -0.4 is 10.1 Å². The number of aliphatic hydroxyl groups is 1. The first-order chi connectivity index (χ1) is 9.61. The highest BCUT2D eigenvalue weighted by Gasteiger charge is 2.23. The van der Waals surface area contributed by atoms with Gasteiger partial charge in [-0.3, -0.25) is 4.79 Å². The number of hydrogen-bond donors (Lipinski definition) is 2. The first-order valence-corrected chi connectivity index (χ1v) is 7.73. The molecular formula is C15H20BrNO3. The van der Waals surface area contributed by atoms with Gasteiger partial charge in [-0.2, -0.15) is 0 Å². The Hall–Kier alpha value is -1.07. The fourth-order valence-electron chi connectivity index (χ4n) is 2.52. The molecule has 0 radical (unpaired) electrons. The monoisotopic (exact) mass is 341 g/mol. The smallest absolute Gasteiger partial charge is 0.251 e. The van der Waals surface area contributed by atoms with E-state index in [-0.39, 0.29) is 11.9 Å². The largest absolute Gasteiger partial charge is 0.496 e. The molecule has 1 aliphatic rings. The summed E-state index contributed by atoms with van der Waals surface area (Å²) >= 11 is 3.37. The van der Waals surface area contributed by atoms with Gasteiger partial charge in [0.05, 0.1) is 23.7 Å². The molecule has 1 saturated carbocycles. The van der Waals surface area contributed by atoms with Gasteiger partial charge in [-0.05, 0) is 47.0 Å². The zero-order valence-electron chi connectivity index (χ0n) is 11.6. The summed E-state index contributed by atoms with van der Waals surface area (Å²) in [4.78, 5) is 12.2. The number of carbonyl (C=O) groups excluding carboxylic acids is 1. The molecule has 110 valence electrons. The van der Waals surface area contributed by atoms with Gasteiger partial charge in [0.15, 0.2) is 0 Å². The highest BCUT2D eigenvalue weighted by Crippen LogP contribution is 2.26. The van der Waals surface area contributed by atoms with E-state index in [2.05, 4.69) is 21.2 Å². The Kier molecular flexibility index (Phi) is 5.43. The molecule has 0 aromatic heterocycles. The van der Waals surface area contributed by atoms with Gasteiger partial charge in [-0.1, -0.05) is 19.3 Å². The third-order valence-corrected chi connectivity index (χ3v) is 4.33. The first-order valence-electron chi connectivity index (χ1n) is 6.94. The van der Waals surface area contributed by atoms with Crippen molar-refractivity contribution in [1.82, 2.24) is 5.32 Å². The lowest BCUT2D eigenvalue weighted by molar-refractivity contribution is 0.0818. The molecule has 0 spiro atoms. The quantitative estimate of drug-likeness (QED) is 0.831. The molecule has 2 rings (SSSR count). The minimum absolute atomic E-state index is 0.147. The molecule has 0 aliphatic heterocycles. The van der Waals surface area contributed by atoms with Gasteiger partial charge < -0.3 is 15.2 Å². The van der Waals surface area contributed by atoms with Gasteiger partial charge >= 0.3 is 0 Å². The van der Waals surface area contributed by atoms with Gasteiger partial charge in [0, 0.05) is 5.56 Å². The third-order valence-electron chi connectivity index (χ3n) is 3.71. The van der Waals surface area contributed by atoms with Crippen LogP contribution in [0.15, 0.2) is 22.7 Å². The van der Waals surface area contributed by atoms with Crippen LogP contribution in [0, 0.1) is 0 Å². The van der Waals surface area contributed by atoms with Crippen LogP contribution >= 0.6 is 15.9 Å². The van der Waals surface area contributed by atoms with Crippen LogP contribution in [0.3, 0.4) is 0 Å². The maximum atomic E-state index is 12.2. The van der Waals surface area contributed by atoms with Gasteiger partial charge in [-0.15, -0.1) is 0 Å². The fraction of sp³-hybridized carbons (Fsp3) is 0.533. The van der Waals surface area contributed by atoms with Crippen molar-refractivity contribution >= 4 is 21.8 Å². The Balaban J connectivity index is 2.05. The summed E-state index contributed by atoms with van der Waals surface area (Å²) in [7, 11) is 1.59. The molecule has 0 bridgehead atoms. The molecule has 1 fully saturated rings. The second-order valence-electron chi connectivity index (χ2n) is 5.13. The number of ether oxygens (including phenoxy) is 1. The topological polar surface area (TPSA) is 58.6 Å². The van der Waals surface area contributed by atoms with E-state index in [4.69, 9.17) is 4.74 Å². The summed E-state index contributed by atoms with van der Waals surface area (Å²) < 4.78 is 5.89. The van der Waals surface area contributed by atoms with E-state index in [1.54, 1.807) is 25.3 Å². The Morgan fingerprint density at radius 1 is 1.35 bits per heavy atom. The van der Waals surface area contributed by atoms with Gasteiger partial charge in [-0.25, -0.2) is 0 Å². The number of carbonyl (C=O) groups is 1. The van der Waals surface area contributed by atoms with E-state index in [9.17, 15) is 9.90 Å². The maximum Gasteiger partial charge on any atom is 0.251 e. The fourth-order valence-corrected chi connectivity index (χ4v) is 3.06. The van der Waals surface area contributed by atoms with Crippen molar-refractivity contribution in [2.45, 2.75) is 44.2 Å². The van der Waals surface area contributed by atoms with E-state index in [0.29, 0.717) is 11.3 Å². The van der Waals surface area contributed by atoms with Crippen molar-refractivity contribution in [3.05, 3.63) is 28.2 Å².